The number of ether oxygens (including phenoxy) is 1. The van der Waals surface area contributed by atoms with Crippen molar-refractivity contribution >= 4 is 17.9 Å². The summed E-state index contributed by atoms with van der Waals surface area (Å²) in [5.74, 6) is -0.751. The maximum atomic E-state index is 12.8. The summed E-state index contributed by atoms with van der Waals surface area (Å²) in [5, 5.41) is 5.67. The van der Waals surface area contributed by atoms with Crippen molar-refractivity contribution in [3.8, 4) is 0 Å². The van der Waals surface area contributed by atoms with Gasteiger partial charge in [0.15, 0.2) is 0 Å². The van der Waals surface area contributed by atoms with Gasteiger partial charge in [0.1, 0.15) is 5.82 Å². The molecule has 0 aliphatic carbocycles. The predicted octanol–water partition coefficient (Wildman–Crippen LogP) is 2.07. The molecule has 3 amide bonds. The van der Waals surface area contributed by atoms with E-state index in [4.69, 9.17) is 4.74 Å². The number of carbonyl (C=O) groups excluding carboxylic acids is 3. The van der Waals surface area contributed by atoms with E-state index >= 15 is 0 Å². The molecule has 2 N–H and O–H groups in total. The normalized spacial score (nSPS) is 14.5. The fourth-order valence-corrected chi connectivity index (χ4v) is 2.88. The molecule has 1 aliphatic rings. The molecule has 0 spiro atoms. The van der Waals surface area contributed by atoms with E-state index in [-0.39, 0.29) is 23.9 Å². The van der Waals surface area contributed by atoms with Crippen LogP contribution in [0.4, 0.5) is 9.18 Å². The first-order chi connectivity index (χ1) is 13.0. The molecule has 1 saturated heterocycles. The Labute approximate surface area is 158 Å². The molecule has 0 aromatic heterocycles. The molecule has 0 atom stereocenters. The van der Waals surface area contributed by atoms with Gasteiger partial charge in [0.25, 0.3) is 5.91 Å². The van der Waals surface area contributed by atoms with E-state index in [0.29, 0.717) is 57.5 Å². The second kappa shape index (κ2) is 10.5. The minimum Gasteiger partial charge on any atom is -0.450 e. The molecule has 148 valence electrons. The standard InChI is InChI=1S/C19H26FN3O4/c1-2-27-19(26)23-12-9-16(10-13-23)22-17(24)4-3-11-21-18(25)14-5-7-15(20)8-6-14/h5-8,16H,2-4,9-13H2,1H3,(H,21,25)(H,22,24). The number of nitrogens with zero attached hydrogens (tertiary/aromatic N) is 1. The number of hydrogen-bond acceptors (Lipinski definition) is 4. The quantitative estimate of drug-likeness (QED) is 0.710. The Balaban J connectivity index is 1.59. The number of benzene rings is 1. The zero-order chi connectivity index (χ0) is 19.6. The molecule has 8 heteroatoms. The van der Waals surface area contributed by atoms with Crippen molar-refractivity contribution < 1.29 is 23.5 Å². The SMILES string of the molecule is CCOC(=O)N1CCC(NC(=O)CCCNC(=O)c2ccc(F)cc2)CC1. The number of nitrogens with one attached hydrogen (secondary N) is 2. The lowest BCUT2D eigenvalue weighted by atomic mass is 10.1. The monoisotopic (exact) mass is 379 g/mol. The Kier molecular flexibility index (Phi) is 8.03. The third kappa shape index (κ3) is 6.88. The highest BCUT2D eigenvalue weighted by Crippen LogP contribution is 2.12. The zero-order valence-corrected chi connectivity index (χ0v) is 15.5. The number of halogens is 1. The average molecular weight is 379 g/mol. The van der Waals surface area contributed by atoms with Gasteiger partial charge in [0.05, 0.1) is 6.61 Å². The van der Waals surface area contributed by atoms with Crippen molar-refractivity contribution in [2.24, 2.45) is 0 Å². The van der Waals surface area contributed by atoms with Gasteiger partial charge in [0.2, 0.25) is 5.91 Å². The van der Waals surface area contributed by atoms with Crippen LogP contribution >= 0.6 is 0 Å². The minimum absolute atomic E-state index is 0.0528. The smallest absolute Gasteiger partial charge is 0.409 e. The van der Waals surface area contributed by atoms with Gasteiger partial charge in [-0.1, -0.05) is 0 Å². The van der Waals surface area contributed by atoms with Crippen molar-refractivity contribution in [2.75, 3.05) is 26.2 Å². The van der Waals surface area contributed by atoms with Crippen LogP contribution < -0.4 is 10.6 Å². The molecule has 1 aliphatic heterocycles. The van der Waals surface area contributed by atoms with Crippen LogP contribution in [0.15, 0.2) is 24.3 Å². The molecule has 0 radical (unpaired) electrons. The molecular weight excluding hydrogens is 353 g/mol. The largest absolute Gasteiger partial charge is 0.450 e. The molecule has 1 heterocycles. The molecule has 0 unspecified atom stereocenters. The van der Waals surface area contributed by atoms with E-state index in [2.05, 4.69) is 10.6 Å². The molecule has 1 aromatic carbocycles. The van der Waals surface area contributed by atoms with Crippen LogP contribution in [0.2, 0.25) is 0 Å². The first-order valence-corrected chi connectivity index (χ1v) is 9.24. The van der Waals surface area contributed by atoms with Crippen molar-refractivity contribution in [3.63, 3.8) is 0 Å². The van der Waals surface area contributed by atoms with Gasteiger partial charge in [-0.15, -0.1) is 0 Å². The Morgan fingerprint density at radius 1 is 1.19 bits per heavy atom. The van der Waals surface area contributed by atoms with Crippen molar-refractivity contribution in [1.82, 2.24) is 15.5 Å². The lowest BCUT2D eigenvalue weighted by Gasteiger charge is -2.31. The minimum atomic E-state index is -0.392. The van der Waals surface area contributed by atoms with E-state index in [9.17, 15) is 18.8 Å². The summed E-state index contributed by atoms with van der Waals surface area (Å²) in [6.07, 6.45) is 1.92. The van der Waals surface area contributed by atoms with Gasteiger partial charge in [-0.05, 0) is 50.5 Å². The Morgan fingerprint density at radius 3 is 2.48 bits per heavy atom. The maximum Gasteiger partial charge on any atom is 0.409 e. The average Bonchev–Trinajstić information content (AvgIpc) is 2.66. The summed E-state index contributed by atoms with van der Waals surface area (Å²) in [5.41, 5.74) is 0.384. The van der Waals surface area contributed by atoms with Gasteiger partial charge in [-0.25, -0.2) is 9.18 Å². The van der Waals surface area contributed by atoms with Crippen LogP contribution in [0.5, 0.6) is 0 Å². The van der Waals surface area contributed by atoms with Gasteiger partial charge >= 0.3 is 6.09 Å². The molecule has 0 saturated carbocycles. The van der Waals surface area contributed by atoms with E-state index in [1.165, 1.54) is 24.3 Å². The van der Waals surface area contributed by atoms with E-state index in [1.54, 1.807) is 11.8 Å². The third-order valence-electron chi connectivity index (χ3n) is 4.36. The molecular formula is C19H26FN3O4. The van der Waals surface area contributed by atoms with Gasteiger partial charge in [-0.2, -0.15) is 0 Å². The third-order valence-corrected chi connectivity index (χ3v) is 4.36. The Hall–Kier alpha value is -2.64. The summed E-state index contributed by atoms with van der Waals surface area (Å²) in [6.45, 7) is 3.63. The highest BCUT2D eigenvalue weighted by Gasteiger charge is 2.24. The summed E-state index contributed by atoms with van der Waals surface area (Å²) in [4.78, 5) is 37.2. The first kappa shape index (κ1) is 20.7. The van der Waals surface area contributed by atoms with Gasteiger partial charge < -0.3 is 20.3 Å². The molecule has 1 fully saturated rings. The second-order valence-corrected chi connectivity index (χ2v) is 6.39. The molecule has 0 bridgehead atoms. The molecule has 7 nitrogen and oxygen atoms in total. The van der Waals surface area contributed by atoms with Crippen molar-refractivity contribution in [3.05, 3.63) is 35.6 Å². The van der Waals surface area contributed by atoms with Crippen molar-refractivity contribution in [2.45, 2.75) is 38.6 Å². The number of amides is 3. The summed E-state index contributed by atoms with van der Waals surface area (Å²) < 4.78 is 17.8. The van der Waals surface area contributed by atoms with E-state index in [1.807, 2.05) is 0 Å². The Bertz CT molecular complexity index is 643. The number of likely N-dealkylation sites (tertiary alicyclic amines) is 1. The highest BCUT2D eigenvalue weighted by molar-refractivity contribution is 5.94. The van der Waals surface area contributed by atoms with Crippen LogP contribution in [-0.4, -0.2) is 55.1 Å². The van der Waals surface area contributed by atoms with E-state index < -0.39 is 5.82 Å². The highest BCUT2D eigenvalue weighted by atomic mass is 19.1. The van der Waals surface area contributed by atoms with Crippen LogP contribution in [0.1, 0.15) is 43.0 Å². The fraction of sp³-hybridized carbons (Fsp3) is 0.526. The van der Waals surface area contributed by atoms with Gasteiger partial charge in [-0.3, -0.25) is 9.59 Å². The van der Waals surface area contributed by atoms with Crippen LogP contribution in [0, 0.1) is 5.82 Å². The maximum absolute atomic E-state index is 12.8. The summed E-state index contributed by atoms with van der Waals surface area (Å²) in [7, 11) is 0. The fourth-order valence-electron chi connectivity index (χ4n) is 2.88. The number of rotatable bonds is 7. The van der Waals surface area contributed by atoms with Crippen molar-refractivity contribution in [1.29, 1.82) is 0 Å². The topological polar surface area (TPSA) is 87.7 Å². The molecule has 2 rings (SSSR count). The number of piperidine rings is 1. The first-order valence-electron chi connectivity index (χ1n) is 9.24. The number of carbonyl (C=O) groups is 3. The number of hydrogen-bond donors (Lipinski definition) is 2. The van der Waals surface area contributed by atoms with Gasteiger partial charge in [0, 0.05) is 37.7 Å². The van der Waals surface area contributed by atoms with E-state index in [0.717, 1.165) is 0 Å². The summed E-state index contributed by atoms with van der Waals surface area (Å²) >= 11 is 0. The molecule has 27 heavy (non-hydrogen) atoms. The predicted molar refractivity (Wildman–Crippen MR) is 97.7 cm³/mol. The van der Waals surface area contributed by atoms with Crippen LogP contribution in [0.25, 0.3) is 0 Å². The molecule has 1 aromatic rings. The second-order valence-electron chi connectivity index (χ2n) is 6.39. The summed E-state index contributed by atoms with van der Waals surface area (Å²) in [6, 6.07) is 5.35. The Morgan fingerprint density at radius 2 is 1.85 bits per heavy atom. The zero-order valence-electron chi connectivity index (χ0n) is 15.5. The lowest BCUT2D eigenvalue weighted by molar-refractivity contribution is -0.122. The lowest BCUT2D eigenvalue weighted by Crippen LogP contribution is -2.46. The van der Waals surface area contributed by atoms with Crippen LogP contribution in [0.3, 0.4) is 0 Å². The van der Waals surface area contributed by atoms with Crippen LogP contribution in [-0.2, 0) is 9.53 Å².